The summed E-state index contributed by atoms with van der Waals surface area (Å²) in [4.78, 5) is 18.4. The SMILES string of the molecule is CCNC(=NCCCN1CCCCCC1=O)NCCNS(=O)(=O)CC. The van der Waals surface area contributed by atoms with Crippen molar-refractivity contribution in [3.05, 3.63) is 0 Å². The molecule has 8 nitrogen and oxygen atoms in total. The third kappa shape index (κ3) is 9.64. The molecule has 0 saturated carbocycles. The molecule has 1 saturated heterocycles. The lowest BCUT2D eigenvalue weighted by Gasteiger charge is -2.20. The van der Waals surface area contributed by atoms with Crippen molar-refractivity contribution in [2.75, 3.05) is 45.0 Å². The number of hydrogen-bond acceptors (Lipinski definition) is 4. The van der Waals surface area contributed by atoms with Crippen LogP contribution < -0.4 is 15.4 Å². The lowest BCUT2D eigenvalue weighted by atomic mass is 10.2. The summed E-state index contributed by atoms with van der Waals surface area (Å²) in [6, 6.07) is 0. The zero-order valence-electron chi connectivity index (χ0n) is 15.5. The Balaban J connectivity index is 2.30. The van der Waals surface area contributed by atoms with Gasteiger partial charge in [-0.2, -0.15) is 0 Å². The molecule has 0 unspecified atom stereocenters. The Morgan fingerprint density at radius 1 is 1.16 bits per heavy atom. The van der Waals surface area contributed by atoms with Crippen molar-refractivity contribution in [1.82, 2.24) is 20.3 Å². The molecule has 0 radical (unpaired) electrons. The second-order valence-electron chi connectivity index (χ2n) is 6.03. The average molecular weight is 376 g/mol. The first-order valence-electron chi connectivity index (χ1n) is 9.25. The number of rotatable bonds is 10. The summed E-state index contributed by atoms with van der Waals surface area (Å²) in [7, 11) is -3.16. The van der Waals surface area contributed by atoms with Gasteiger partial charge in [0.15, 0.2) is 5.96 Å². The van der Waals surface area contributed by atoms with Crippen LogP contribution in [0.15, 0.2) is 4.99 Å². The Labute approximate surface area is 151 Å². The molecule has 0 aromatic carbocycles. The minimum absolute atomic E-state index is 0.0797. The topological polar surface area (TPSA) is 103 Å². The van der Waals surface area contributed by atoms with Crippen LogP contribution in [0.1, 0.15) is 46.0 Å². The van der Waals surface area contributed by atoms with Crippen molar-refractivity contribution in [2.45, 2.75) is 46.0 Å². The smallest absolute Gasteiger partial charge is 0.222 e. The van der Waals surface area contributed by atoms with E-state index in [4.69, 9.17) is 0 Å². The van der Waals surface area contributed by atoms with Crippen LogP contribution in [-0.2, 0) is 14.8 Å². The third-order valence-corrected chi connectivity index (χ3v) is 5.40. The van der Waals surface area contributed by atoms with Crippen molar-refractivity contribution in [3.8, 4) is 0 Å². The maximum Gasteiger partial charge on any atom is 0.222 e. The molecule has 0 aromatic heterocycles. The molecule has 0 spiro atoms. The fraction of sp³-hybridized carbons (Fsp3) is 0.875. The van der Waals surface area contributed by atoms with Gasteiger partial charge in [0, 0.05) is 45.7 Å². The molecule has 1 aliphatic rings. The van der Waals surface area contributed by atoms with Gasteiger partial charge in [-0.25, -0.2) is 13.1 Å². The second-order valence-corrected chi connectivity index (χ2v) is 8.13. The van der Waals surface area contributed by atoms with Crippen LogP contribution >= 0.6 is 0 Å². The number of nitrogens with zero attached hydrogens (tertiary/aromatic N) is 2. The fourth-order valence-corrected chi connectivity index (χ4v) is 3.18. The molecule has 0 bridgehead atoms. The highest BCUT2D eigenvalue weighted by molar-refractivity contribution is 7.89. The lowest BCUT2D eigenvalue weighted by Crippen LogP contribution is -2.42. The Bertz CT molecular complexity index is 522. The molecule has 1 rings (SSSR count). The van der Waals surface area contributed by atoms with Gasteiger partial charge in [-0.05, 0) is 33.1 Å². The van der Waals surface area contributed by atoms with Crippen LogP contribution in [0.2, 0.25) is 0 Å². The Kier molecular flexibility index (Phi) is 10.5. The fourth-order valence-electron chi connectivity index (χ4n) is 2.56. The van der Waals surface area contributed by atoms with Gasteiger partial charge >= 0.3 is 0 Å². The Hall–Kier alpha value is -1.35. The lowest BCUT2D eigenvalue weighted by molar-refractivity contribution is -0.130. The summed E-state index contributed by atoms with van der Waals surface area (Å²) < 4.78 is 25.2. The number of likely N-dealkylation sites (tertiary alicyclic amines) is 1. The number of guanidine groups is 1. The summed E-state index contributed by atoms with van der Waals surface area (Å²) in [5, 5.41) is 6.24. The van der Waals surface area contributed by atoms with E-state index in [0.717, 1.165) is 45.3 Å². The van der Waals surface area contributed by atoms with Crippen LogP contribution in [-0.4, -0.2) is 70.2 Å². The van der Waals surface area contributed by atoms with Crippen molar-refractivity contribution < 1.29 is 13.2 Å². The van der Waals surface area contributed by atoms with Gasteiger partial charge in [0.1, 0.15) is 0 Å². The van der Waals surface area contributed by atoms with E-state index in [2.05, 4.69) is 20.3 Å². The number of carbonyl (C=O) groups excluding carboxylic acids is 1. The highest BCUT2D eigenvalue weighted by Crippen LogP contribution is 2.11. The van der Waals surface area contributed by atoms with E-state index in [9.17, 15) is 13.2 Å². The molecule has 0 atom stereocenters. The van der Waals surface area contributed by atoms with E-state index in [0.29, 0.717) is 32.0 Å². The van der Waals surface area contributed by atoms with Gasteiger partial charge in [0.25, 0.3) is 0 Å². The summed E-state index contributed by atoms with van der Waals surface area (Å²) in [6.07, 6.45) is 4.72. The predicted molar refractivity (Wildman–Crippen MR) is 101 cm³/mol. The molecule has 1 amide bonds. The molecular formula is C16H33N5O3S. The van der Waals surface area contributed by atoms with Crippen molar-refractivity contribution >= 4 is 21.9 Å². The van der Waals surface area contributed by atoms with Crippen LogP contribution in [0.5, 0.6) is 0 Å². The maximum absolute atomic E-state index is 11.9. The number of nitrogens with one attached hydrogen (secondary N) is 3. The first kappa shape index (κ1) is 21.7. The number of aliphatic imine (C=N–C) groups is 1. The number of carbonyl (C=O) groups is 1. The van der Waals surface area contributed by atoms with E-state index in [1.54, 1.807) is 6.92 Å². The monoisotopic (exact) mass is 375 g/mol. The van der Waals surface area contributed by atoms with E-state index >= 15 is 0 Å². The average Bonchev–Trinajstić information content (AvgIpc) is 2.79. The molecule has 3 N–H and O–H groups in total. The highest BCUT2D eigenvalue weighted by atomic mass is 32.2. The van der Waals surface area contributed by atoms with Crippen LogP contribution in [0, 0.1) is 0 Å². The number of amides is 1. The Morgan fingerprint density at radius 2 is 1.96 bits per heavy atom. The van der Waals surface area contributed by atoms with Gasteiger partial charge < -0.3 is 15.5 Å². The Morgan fingerprint density at radius 3 is 2.68 bits per heavy atom. The van der Waals surface area contributed by atoms with Crippen molar-refractivity contribution in [1.29, 1.82) is 0 Å². The normalized spacial score (nSPS) is 16.6. The van der Waals surface area contributed by atoms with Gasteiger partial charge in [0.2, 0.25) is 15.9 Å². The van der Waals surface area contributed by atoms with Crippen LogP contribution in [0.4, 0.5) is 0 Å². The molecule has 1 aliphatic heterocycles. The summed E-state index contributed by atoms with van der Waals surface area (Å²) in [5.74, 6) is 1.01. The summed E-state index contributed by atoms with van der Waals surface area (Å²) in [6.45, 7) is 7.34. The largest absolute Gasteiger partial charge is 0.357 e. The van der Waals surface area contributed by atoms with Crippen molar-refractivity contribution in [2.24, 2.45) is 4.99 Å². The maximum atomic E-state index is 11.9. The first-order chi connectivity index (χ1) is 12.0. The molecule has 1 fully saturated rings. The van der Waals surface area contributed by atoms with E-state index < -0.39 is 10.0 Å². The molecule has 25 heavy (non-hydrogen) atoms. The zero-order valence-corrected chi connectivity index (χ0v) is 16.3. The van der Waals surface area contributed by atoms with E-state index in [1.165, 1.54) is 0 Å². The standard InChI is InChI=1S/C16H33N5O3S/c1-3-17-16(19-11-12-20-25(23,24)4-2)18-10-8-14-21-13-7-5-6-9-15(21)22/h20H,3-14H2,1-2H3,(H2,17,18,19). The van der Waals surface area contributed by atoms with Crippen molar-refractivity contribution in [3.63, 3.8) is 0 Å². The molecule has 0 aliphatic carbocycles. The summed E-state index contributed by atoms with van der Waals surface area (Å²) >= 11 is 0. The quantitative estimate of drug-likeness (QED) is 0.289. The molecule has 9 heteroatoms. The van der Waals surface area contributed by atoms with E-state index in [1.807, 2.05) is 11.8 Å². The third-order valence-electron chi connectivity index (χ3n) is 3.99. The molecule has 0 aromatic rings. The van der Waals surface area contributed by atoms with Crippen LogP contribution in [0.25, 0.3) is 0 Å². The first-order valence-corrected chi connectivity index (χ1v) is 10.9. The number of sulfonamides is 1. The van der Waals surface area contributed by atoms with Gasteiger partial charge in [-0.15, -0.1) is 0 Å². The summed E-state index contributed by atoms with van der Waals surface area (Å²) in [5.41, 5.74) is 0. The molecule has 146 valence electrons. The minimum atomic E-state index is -3.16. The van der Waals surface area contributed by atoms with E-state index in [-0.39, 0.29) is 11.7 Å². The van der Waals surface area contributed by atoms with Gasteiger partial charge in [-0.1, -0.05) is 6.42 Å². The highest BCUT2D eigenvalue weighted by Gasteiger charge is 2.15. The van der Waals surface area contributed by atoms with Crippen LogP contribution in [0.3, 0.4) is 0 Å². The predicted octanol–water partition coefficient (Wildman–Crippen LogP) is 0.274. The number of hydrogen-bond donors (Lipinski definition) is 3. The minimum Gasteiger partial charge on any atom is -0.357 e. The van der Waals surface area contributed by atoms with Gasteiger partial charge in [0.05, 0.1) is 5.75 Å². The van der Waals surface area contributed by atoms with Gasteiger partial charge in [-0.3, -0.25) is 9.79 Å². The molecule has 1 heterocycles. The molecular weight excluding hydrogens is 342 g/mol. The second kappa shape index (κ2) is 12.1. The zero-order chi connectivity index (χ0) is 18.5.